The molecule has 104 valence electrons. The maximum absolute atomic E-state index is 13.1. The Morgan fingerprint density at radius 1 is 1.16 bits per heavy atom. The highest BCUT2D eigenvalue weighted by molar-refractivity contribution is 5.97. The average Bonchev–Trinajstić information content (AvgIpc) is 2.58. The second-order valence-corrected chi connectivity index (χ2v) is 4.99. The van der Waals surface area contributed by atoms with E-state index in [1.54, 1.807) is 0 Å². The van der Waals surface area contributed by atoms with Crippen LogP contribution >= 0.6 is 0 Å². The van der Waals surface area contributed by atoms with Crippen molar-refractivity contribution >= 4 is 5.78 Å². The number of hydrogen-bond donors (Lipinski definition) is 0. The summed E-state index contributed by atoms with van der Waals surface area (Å²) in [5.74, 6) is -2.06. The van der Waals surface area contributed by atoms with Gasteiger partial charge in [-0.1, -0.05) is 0 Å². The van der Waals surface area contributed by atoms with Crippen molar-refractivity contribution in [3.63, 3.8) is 0 Å². The lowest BCUT2D eigenvalue weighted by Gasteiger charge is -2.19. The van der Waals surface area contributed by atoms with Gasteiger partial charge < -0.3 is 4.90 Å². The molecular formula is C14H18F2N2O. The Balaban J connectivity index is 1.98. The van der Waals surface area contributed by atoms with Crippen LogP contribution in [0.2, 0.25) is 0 Å². The van der Waals surface area contributed by atoms with Gasteiger partial charge in [0.15, 0.2) is 17.4 Å². The summed E-state index contributed by atoms with van der Waals surface area (Å²) < 4.78 is 25.9. The van der Waals surface area contributed by atoms with Gasteiger partial charge in [0.05, 0.1) is 6.54 Å². The van der Waals surface area contributed by atoms with Gasteiger partial charge in [-0.3, -0.25) is 9.69 Å². The molecule has 3 nitrogen and oxygen atoms in total. The monoisotopic (exact) mass is 268 g/mol. The molecule has 0 aliphatic carbocycles. The van der Waals surface area contributed by atoms with Gasteiger partial charge in [-0.15, -0.1) is 0 Å². The topological polar surface area (TPSA) is 23.6 Å². The van der Waals surface area contributed by atoms with Crippen LogP contribution in [0.1, 0.15) is 16.8 Å². The number of hydrogen-bond acceptors (Lipinski definition) is 3. The summed E-state index contributed by atoms with van der Waals surface area (Å²) in [6.07, 6.45) is 1.02. The lowest BCUT2D eigenvalue weighted by molar-refractivity contribution is 0.0933. The number of rotatable bonds is 3. The van der Waals surface area contributed by atoms with Crippen molar-refractivity contribution in [1.29, 1.82) is 0 Å². The first-order valence-corrected chi connectivity index (χ1v) is 6.45. The van der Waals surface area contributed by atoms with Crippen molar-refractivity contribution < 1.29 is 13.6 Å². The van der Waals surface area contributed by atoms with Crippen molar-refractivity contribution in [2.45, 2.75) is 6.42 Å². The highest BCUT2D eigenvalue weighted by atomic mass is 19.2. The largest absolute Gasteiger partial charge is 0.305 e. The molecule has 0 spiro atoms. The number of nitrogens with zero attached hydrogens (tertiary/aromatic N) is 2. The molecule has 1 aliphatic heterocycles. The minimum Gasteiger partial charge on any atom is -0.305 e. The zero-order valence-electron chi connectivity index (χ0n) is 11.0. The second kappa shape index (κ2) is 6.21. The number of Topliss-reactive ketones (excluding diaryl/α,β-unsaturated/α-hetero) is 1. The van der Waals surface area contributed by atoms with E-state index in [1.165, 1.54) is 6.07 Å². The van der Waals surface area contributed by atoms with Gasteiger partial charge in [-0.2, -0.15) is 0 Å². The summed E-state index contributed by atoms with van der Waals surface area (Å²) >= 11 is 0. The van der Waals surface area contributed by atoms with Crippen LogP contribution in [0.25, 0.3) is 0 Å². The summed E-state index contributed by atoms with van der Waals surface area (Å²) in [5, 5.41) is 0. The Labute approximate surface area is 111 Å². The number of halogens is 2. The molecule has 0 atom stereocenters. The van der Waals surface area contributed by atoms with Crippen molar-refractivity contribution in [2.24, 2.45) is 0 Å². The van der Waals surface area contributed by atoms with Crippen molar-refractivity contribution in [3.05, 3.63) is 35.4 Å². The highest BCUT2D eigenvalue weighted by Crippen LogP contribution is 2.10. The molecule has 1 aromatic carbocycles. The smallest absolute Gasteiger partial charge is 0.176 e. The zero-order valence-corrected chi connectivity index (χ0v) is 11.0. The molecule has 1 aromatic rings. The average molecular weight is 268 g/mol. The van der Waals surface area contributed by atoms with Crippen LogP contribution in [-0.4, -0.2) is 55.4 Å². The summed E-state index contributed by atoms with van der Waals surface area (Å²) in [4.78, 5) is 16.3. The maximum Gasteiger partial charge on any atom is 0.176 e. The normalized spacial score (nSPS) is 18.3. The van der Waals surface area contributed by atoms with Crippen LogP contribution in [0, 0.1) is 11.6 Å². The van der Waals surface area contributed by atoms with Gasteiger partial charge in [0, 0.05) is 18.7 Å². The van der Waals surface area contributed by atoms with Gasteiger partial charge in [-0.25, -0.2) is 8.78 Å². The van der Waals surface area contributed by atoms with Crippen LogP contribution in [0.15, 0.2) is 18.2 Å². The second-order valence-electron chi connectivity index (χ2n) is 4.99. The Hall–Kier alpha value is -1.33. The van der Waals surface area contributed by atoms with Crippen LogP contribution in [0.5, 0.6) is 0 Å². The van der Waals surface area contributed by atoms with E-state index in [0.717, 1.165) is 44.7 Å². The van der Waals surface area contributed by atoms with Gasteiger partial charge >= 0.3 is 0 Å². The first-order valence-electron chi connectivity index (χ1n) is 6.45. The Morgan fingerprint density at radius 3 is 2.68 bits per heavy atom. The summed E-state index contributed by atoms with van der Waals surface area (Å²) in [6, 6.07) is 3.31. The fraction of sp³-hybridized carbons (Fsp3) is 0.500. The van der Waals surface area contributed by atoms with Crippen molar-refractivity contribution in [3.8, 4) is 0 Å². The molecule has 1 aliphatic rings. The Bertz CT molecular complexity index is 465. The number of likely N-dealkylation sites (N-methyl/N-ethyl adjacent to an activating group) is 1. The lowest BCUT2D eigenvalue weighted by Crippen LogP contribution is -2.33. The van der Waals surface area contributed by atoms with Crippen LogP contribution in [0.4, 0.5) is 8.78 Å². The molecule has 0 unspecified atom stereocenters. The molecule has 0 amide bonds. The molecular weight excluding hydrogens is 250 g/mol. The molecule has 0 bridgehead atoms. The predicted octanol–water partition coefficient (Wildman–Crippen LogP) is 1.78. The molecule has 0 aromatic heterocycles. The van der Waals surface area contributed by atoms with Crippen LogP contribution in [0.3, 0.4) is 0 Å². The SMILES string of the molecule is CN1CCCN(CC(=O)c2ccc(F)c(F)c2)CC1. The Morgan fingerprint density at radius 2 is 1.95 bits per heavy atom. The molecule has 0 saturated carbocycles. The molecule has 1 fully saturated rings. The number of benzene rings is 1. The standard InChI is InChI=1S/C14H18F2N2O/c1-17-5-2-6-18(8-7-17)10-14(19)11-3-4-12(15)13(16)9-11/h3-4,9H,2,5-8,10H2,1H3. The minimum atomic E-state index is -0.971. The zero-order chi connectivity index (χ0) is 13.8. The third-order valence-corrected chi connectivity index (χ3v) is 3.42. The van der Waals surface area contributed by atoms with E-state index in [4.69, 9.17) is 0 Å². The molecule has 1 heterocycles. The maximum atomic E-state index is 13.1. The van der Waals surface area contributed by atoms with E-state index < -0.39 is 11.6 Å². The fourth-order valence-electron chi connectivity index (χ4n) is 2.22. The van der Waals surface area contributed by atoms with E-state index in [1.807, 2.05) is 0 Å². The van der Waals surface area contributed by atoms with Crippen molar-refractivity contribution in [1.82, 2.24) is 9.80 Å². The molecule has 0 radical (unpaired) electrons. The summed E-state index contributed by atoms with van der Waals surface area (Å²) in [5.41, 5.74) is 0.233. The van der Waals surface area contributed by atoms with E-state index in [-0.39, 0.29) is 17.9 Å². The van der Waals surface area contributed by atoms with Crippen molar-refractivity contribution in [2.75, 3.05) is 39.8 Å². The van der Waals surface area contributed by atoms with Gasteiger partial charge in [0.1, 0.15) is 0 Å². The highest BCUT2D eigenvalue weighted by Gasteiger charge is 2.17. The first-order chi connectivity index (χ1) is 9.06. The molecule has 0 N–H and O–H groups in total. The third-order valence-electron chi connectivity index (χ3n) is 3.42. The van der Waals surface area contributed by atoms with Gasteiger partial charge in [0.25, 0.3) is 0 Å². The number of ketones is 1. The van der Waals surface area contributed by atoms with Crippen LogP contribution in [-0.2, 0) is 0 Å². The van der Waals surface area contributed by atoms with E-state index in [2.05, 4.69) is 16.8 Å². The molecule has 19 heavy (non-hydrogen) atoms. The van der Waals surface area contributed by atoms with Gasteiger partial charge in [0.2, 0.25) is 0 Å². The molecule has 2 rings (SSSR count). The lowest BCUT2D eigenvalue weighted by atomic mass is 10.1. The first kappa shape index (κ1) is 14.1. The van der Waals surface area contributed by atoms with E-state index in [0.29, 0.717) is 0 Å². The van der Waals surface area contributed by atoms with E-state index >= 15 is 0 Å². The van der Waals surface area contributed by atoms with E-state index in [9.17, 15) is 13.6 Å². The quantitative estimate of drug-likeness (QED) is 0.781. The minimum absolute atomic E-state index is 0.163. The predicted molar refractivity (Wildman–Crippen MR) is 69.2 cm³/mol. The van der Waals surface area contributed by atoms with Gasteiger partial charge in [-0.05, 0) is 44.8 Å². The third kappa shape index (κ3) is 3.81. The summed E-state index contributed by atoms with van der Waals surface area (Å²) in [7, 11) is 2.06. The fourth-order valence-corrected chi connectivity index (χ4v) is 2.22. The molecule has 5 heteroatoms. The Kier molecular flexibility index (Phi) is 4.61. The van der Waals surface area contributed by atoms with Crippen LogP contribution < -0.4 is 0 Å². The molecule has 1 saturated heterocycles. The number of carbonyl (C=O) groups is 1. The summed E-state index contributed by atoms with van der Waals surface area (Å²) in [6.45, 7) is 3.89. The number of carbonyl (C=O) groups excluding carboxylic acids is 1.